The molecule has 1 heterocycles. The number of phenols is 1. The van der Waals surface area contributed by atoms with Gasteiger partial charge in [0.25, 0.3) is 0 Å². The molecule has 0 aromatic heterocycles. The van der Waals surface area contributed by atoms with Crippen molar-refractivity contribution in [1.29, 1.82) is 0 Å². The number of hydrogen-bond donors (Lipinski definition) is 2. The molecule has 1 aliphatic rings. The highest BCUT2D eigenvalue weighted by molar-refractivity contribution is 9.10. The minimum absolute atomic E-state index is 0.190. The predicted octanol–water partition coefficient (Wildman–Crippen LogP) is 5.86. The third-order valence-corrected chi connectivity index (χ3v) is 5.33. The van der Waals surface area contributed by atoms with Crippen molar-refractivity contribution in [3.05, 3.63) is 87.9 Å². The first-order chi connectivity index (χ1) is 13.4. The summed E-state index contributed by atoms with van der Waals surface area (Å²) >= 11 is 3.47. The molecule has 2 N–H and O–H groups in total. The van der Waals surface area contributed by atoms with Gasteiger partial charge in [-0.2, -0.15) is 0 Å². The van der Waals surface area contributed by atoms with Crippen molar-refractivity contribution < 1.29 is 14.8 Å². The maximum Gasteiger partial charge on any atom is 0.458 e. The lowest BCUT2D eigenvalue weighted by molar-refractivity contribution is 0.184. The largest absolute Gasteiger partial charge is 0.507 e. The molecule has 3 nitrogen and oxygen atoms in total. The molecular formula is C23H24BBrO3. The number of rotatable bonds is 6. The summed E-state index contributed by atoms with van der Waals surface area (Å²) in [7, 11) is -0.772. The first-order valence-electron chi connectivity index (χ1n) is 9.38. The van der Waals surface area contributed by atoms with Gasteiger partial charge in [0.05, 0.1) is 6.10 Å². The molecule has 0 fully saturated rings. The van der Waals surface area contributed by atoms with Crippen LogP contribution in [0, 0.1) is 0 Å². The highest BCUT2D eigenvalue weighted by Crippen LogP contribution is 2.32. The van der Waals surface area contributed by atoms with Gasteiger partial charge in [0, 0.05) is 16.4 Å². The zero-order valence-electron chi connectivity index (χ0n) is 15.9. The molecule has 0 bridgehead atoms. The summed E-state index contributed by atoms with van der Waals surface area (Å²) < 4.78 is 6.69. The van der Waals surface area contributed by atoms with E-state index in [0.29, 0.717) is 12.7 Å². The molecule has 0 saturated carbocycles. The quantitative estimate of drug-likeness (QED) is 0.438. The molecule has 0 saturated heterocycles. The van der Waals surface area contributed by atoms with Crippen LogP contribution >= 0.6 is 15.9 Å². The third-order valence-electron chi connectivity index (χ3n) is 4.84. The van der Waals surface area contributed by atoms with Crippen LogP contribution in [0.4, 0.5) is 0 Å². The van der Waals surface area contributed by atoms with E-state index in [1.165, 1.54) is 0 Å². The van der Waals surface area contributed by atoms with Gasteiger partial charge < -0.3 is 14.8 Å². The van der Waals surface area contributed by atoms with Gasteiger partial charge in [-0.15, -0.1) is 0 Å². The van der Waals surface area contributed by atoms with Gasteiger partial charge in [-0.3, -0.25) is 0 Å². The number of aromatic hydroxyl groups is 1. The molecule has 1 aliphatic heterocycles. The van der Waals surface area contributed by atoms with Crippen LogP contribution in [0.25, 0.3) is 11.6 Å². The van der Waals surface area contributed by atoms with E-state index in [1.807, 2.05) is 49.4 Å². The van der Waals surface area contributed by atoms with Crippen LogP contribution in [-0.4, -0.2) is 23.4 Å². The second-order valence-electron chi connectivity index (χ2n) is 7.03. The fraction of sp³-hybridized carbons (Fsp3) is 0.217. The van der Waals surface area contributed by atoms with Crippen LogP contribution in [0.5, 0.6) is 5.75 Å². The van der Waals surface area contributed by atoms with E-state index in [2.05, 4.69) is 34.6 Å². The molecule has 0 radical (unpaired) electrons. The van der Waals surface area contributed by atoms with E-state index >= 15 is 0 Å². The summed E-state index contributed by atoms with van der Waals surface area (Å²) in [4.78, 5) is 0. The molecule has 2 aromatic carbocycles. The van der Waals surface area contributed by atoms with Crippen LogP contribution < -0.4 is 0 Å². The minimum atomic E-state index is -0.772. The highest BCUT2D eigenvalue weighted by Gasteiger charge is 2.27. The van der Waals surface area contributed by atoms with Crippen LogP contribution in [-0.2, 0) is 4.65 Å². The molecule has 144 valence electrons. The summed E-state index contributed by atoms with van der Waals surface area (Å²) in [6.07, 6.45) is 5.78. The molecule has 2 aromatic rings. The second-order valence-corrected chi connectivity index (χ2v) is 7.95. The monoisotopic (exact) mass is 438 g/mol. The van der Waals surface area contributed by atoms with Crippen molar-refractivity contribution in [3.8, 4) is 5.75 Å². The Morgan fingerprint density at radius 1 is 1.29 bits per heavy atom. The van der Waals surface area contributed by atoms with Crippen LogP contribution in [0.2, 0.25) is 6.32 Å². The van der Waals surface area contributed by atoms with Crippen molar-refractivity contribution in [3.63, 3.8) is 0 Å². The minimum Gasteiger partial charge on any atom is -0.507 e. The van der Waals surface area contributed by atoms with E-state index in [0.717, 1.165) is 38.7 Å². The van der Waals surface area contributed by atoms with Gasteiger partial charge in [-0.1, -0.05) is 64.5 Å². The summed E-state index contributed by atoms with van der Waals surface area (Å²) in [6, 6.07) is 15.5. The van der Waals surface area contributed by atoms with Gasteiger partial charge in [-0.25, -0.2) is 0 Å². The van der Waals surface area contributed by atoms with Crippen molar-refractivity contribution in [2.75, 3.05) is 0 Å². The van der Waals surface area contributed by atoms with Crippen molar-refractivity contribution in [1.82, 2.24) is 0 Å². The van der Waals surface area contributed by atoms with Gasteiger partial charge in [0.15, 0.2) is 0 Å². The maximum absolute atomic E-state index is 10.3. The number of phenolic OH excluding ortho intramolecular Hbond substituents is 1. The first kappa shape index (κ1) is 20.7. The van der Waals surface area contributed by atoms with Crippen molar-refractivity contribution in [2.24, 2.45) is 0 Å². The van der Waals surface area contributed by atoms with Crippen molar-refractivity contribution >= 4 is 34.7 Å². The summed E-state index contributed by atoms with van der Waals surface area (Å²) in [5.74, 6) is 0.239. The standard InChI is InChI=1S/C23H24BBrO3/c1-16(2)21-12-13-24(27)28-23(21)11-8-18(17-6-4-3-5-7-17)14-19-15-20(25)9-10-22(19)26/h3-7,9-10,12,14-15,23,26-27H,1,8,11,13H2,2H3/b18-14-. The van der Waals surface area contributed by atoms with E-state index in [9.17, 15) is 10.1 Å². The lowest BCUT2D eigenvalue weighted by Gasteiger charge is -2.27. The number of halogens is 1. The molecule has 0 amide bonds. The number of benzene rings is 2. The molecule has 3 rings (SSSR count). The first-order valence-corrected chi connectivity index (χ1v) is 10.2. The van der Waals surface area contributed by atoms with Crippen LogP contribution in [0.3, 0.4) is 0 Å². The van der Waals surface area contributed by atoms with Crippen molar-refractivity contribution in [2.45, 2.75) is 32.2 Å². The van der Waals surface area contributed by atoms with Gasteiger partial charge >= 0.3 is 7.12 Å². The lowest BCUT2D eigenvalue weighted by atomic mass is 9.78. The third kappa shape index (κ3) is 5.25. The lowest BCUT2D eigenvalue weighted by Crippen LogP contribution is -2.31. The Hall–Kier alpha value is -2.08. The Kier molecular flexibility index (Phi) is 6.95. The Bertz CT molecular complexity index is 905. The smallest absolute Gasteiger partial charge is 0.458 e. The van der Waals surface area contributed by atoms with Crippen LogP contribution in [0.1, 0.15) is 30.9 Å². The maximum atomic E-state index is 10.3. The Morgan fingerprint density at radius 2 is 2.04 bits per heavy atom. The molecule has 28 heavy (non-hydrogen) atoms. The Labute approximate surface area is 175 Å². The summed E-state index contributed by atoms with van der Waals surface area (Å²) in [5, 5.41) is 20.2. The summed E-state index contributed by atoms with van der Waals surface area (Å²) in [5.41, 5.74) is 4.97. The average molecular weight is 439 g/mol. The normalized spacial score (nSPS) is 17.4. The average Bonchev–Trinajstić information content (AvgIpc) is 2.68. The topological polar surface area (TPSA) is 49.7 Å². The van der Waals surface area contributed by atoms with E-state index < -0.39 is 7.12 Å². The zero-order chi connectivity index (χ0) is 20.1. The number of hydrogen-bond acceptors (Lipinski definition) is 3. The second kappa shape index (κ2) is 9.42. The van der Waals surface area contributed by atoms with E-state index in [-0.39, 0.29) is 11.9 Å². The summed E-state index contributed by atoms with van der Waals surface area (Å²) in [6.45, 7) is 6.01. The predicted molar refractivity (Wildman–Crippen MR) is 120 cm³/mol. The SMILES string of the molecule is C=C(C)C1=CCB(O)OC1CC/C(=C/c1cc(Br)ccc1O)c1ccccc1. The Morgan fingerprint density at radius 3 is 2.75 bits per heavy atom. The number of allylic oxidation sites excluding steroid dienone is 2. The fourth-order valence-electron chi connectivity index (χ4n) is 3.42. The molecular weight excluding hydrogens is 415 g/mol. The molecule has 1 atom stereocenters. The highest BCUT2D eigenvalue weighted by atomic mass is 79.9. The molecule has 0 aliphatic carbocycles. The fourth-order valence-corrected chi connectivity index (χ4v) is 3.80. The van der Waals surface area contributed by atoms with E-state index in [1.54, 1.807) is 6.07 Å². The Balaban J connectivity index is 1.89. The van der Waals surface area contributed by atoms with Gasteiger partial charge in [0.1, 0.15) is 5.75 Å². The zero-order valence-corrected chi connectivity index (χ0v) is 17.5. The van der Waals surface area contributed by atoms with Gasteiger partial charge in [0.2, 0.25) is 0 Å². The van der Waals surface area contributed by atoms with Crippen LogP contribution in [0.15, 0.2) is 76.8 Å². The van der Waals surface area contributed by atoms with Gasteiger partial charge in [-0.05, 0) is 60.8 Å². The molecule has 5 heteroatoms. The molecule has 0 spiro atoms. The molecule has 1 unspecified atom stereocenters. The van der Waals surface area contributed by atoms with E-state index in [4.69, 9.17) is 4.65 Å².